The first kappa shape index (κ1) is 16.1. The van der Waals surface area contributed by atoms with Gasteiger partial charge in [0.2, 0.25) is 0 Å². The summed E-state index contributed by atoms with van der Waals surface area (Å²) in [6.07, 6.45) is 0. The van der Waals surface area contributed by atoms with Gasteiger partial charge in [0.1, 0.15) is 0 Å². The van der Waals surface area contributed by atoms with Gasteiger partial charge in [0.15, 0.2) is 5.69 Å². The van der Waals surface area contributed by atoms with Crippen molar-refractivity contribution in [3.63, 3.8) is 0 Å². The van der Waals surface area contributed by atoms with E-state index in [1.165, 1.54) is 0 Å². The molecule has 0 saturated heterocycles. The monoisotopic (exact) mass is 379 g/mol. The Bertz CT molecular complexity index is 522. The maximum Gasteiger partial charge on any atom is 0.522 e. The molecule has 0 spiro atoms. The van der Waals surface area contributed by atoms with Crippen LogP contribution in [0.25, 0.3) is 4.85 Å². The van der Waals surface area contributed by atoms with Gasteiger partial charge in [-0.1, -0.05) is 46.9 Å². The van der Waals surface area contributed by atoms with Crippen LogP contribution in [0.3, 0.4) is 0 Å². The normalized spacial score (nSPS) is 11.1. The van der Waals surface area contributed by atoms with Gasteiger partial charge in [0.05, 0.1) is 6.57 Å². The van der Waals surface area contributed by atoms with E-state index in [4.69, 9.17) is 19.5 Å². The van der Waals surface area contributed by atoms with Crippen molar-refractivity contribution in [2.24, 2.45) is 0 Å². The van der Waals surface area contributed by atoms with E-state index in [9.17, 15) is 13.2 Å². The first-order valence-electron chi connectivity index (χ1n) is 3.75. The molecule has 0 amide bonds. The second kappa shape index (κ2) is 6.18. The molecule has 0 bridgehead atoms. The molecule has 1 aromatic carbocycles. The zero-order chi connectivity index (χ0) is 13.7. The Kier molecular flexibility index (Phi) is 5.86. The van der Waals surface area contributed by atoms with Crippen LogP contribution >= 0.6 is 22.6 Å². The van der Waals surface area contributed by atoms with Crippen molar-refractivity contribution >= 4 is 38.4 Å². The zero-order valence-corrected chi connectivity index (χ0v) is 10.9. The van der Waals surface area contributed by atoms with Crippen LogP contribution < -0.4 is 0 Å². The molecule has 1 N–H and O–H groups in total. The molecule has 0 atom stereocenters. The highest BCUT2D eigenvalue weighted by Crippen LogP contribution is 2.20. The van der Waals surface area contributed by atoms with E-state index < -0.39 is 15.6 Å². The molecule has 0 aromatic heterocycles. The zero-order valence-electron chi connectivity index (χ0n) is 7.94. The quantitative estimate of drug-likeness (QED) is 0.326. The highest BCUT2D eigenvalue weighted by molar-refractivity contribution is 14.1. The van der Waals surface area contributed by atoms with Crippen molar-refractivity contribution < 1.29 is 26.1 Å². The lowest BCUT2D eigenvalue weighted by atomic mass is 10.3. The first-order chi connectivity index (χ1) is 7.59. The molecule has 1 rings (SSSR count). The van der Waals surface area contributed by atoms with Crippen LogP contribution in [0, 0.1) is 10.1 Å². The number of rotatable bonds is 0. The molecular formula is C8H5F3INO3S. The predicted octanol–water partition coefficient (Wildman–Crippen LogP) is 3.24. The SMILES string of the molecule is O=S(=O)(O)C(F)(F)F.[C-]#[N+]c1ccccc1I. The second-order valence-electron chi connectivity index (χ2n) is 2.48. The molecule has 1 aromatic rings. The van der Waals surface area contributed by atoms with E-state index in [1.807, 2.05) is 24.3 Å². The molecule has 0 unspecified atom stereocenters. The molecule has 4 nitrogen and oxygen atoms in total. The predicted molar refractivity (Wildman–Crippen MR) is 63.0 cm³/mol. The minimum Gasteiger partial charge on any atom is -0.279 e. The van der Waals surface area contributed by atoms with Crippen LogP contribution in [0.15, 0.2) is 24.3 Å². The third-order valence-electron chi connectivity index (χ3n) is 1.27. The topological polar surface area (TPSA) is 58.7 Å². The molecular weight excluding hydrogens is 374 g/mol. The number of para-hydroxylation sites is 1. The van der Waals surface area contributed by atoms with Gasteiger partial charge in [-0.25, -0.2) is 4.85 Å². The van der Waals surface area contributed by atoms with E-state index in [-0.39, 0.29) is 0 Å². The molecule has 0 fully saturated rings. The van der Waals surface area contributed by atoms with Crippen LogP contribution in [0.4, 0.5) is 18.9 Å². The maximum atomic E-state index is 10.7. The Morgan fingerprint density at radius 3 is 1.94 bits per heavy atom. The third-order valence-corrected chi connectivity index (χ3v) is 2.76. The van der Waals surface area contributed by atoms with Crippen molar-refractivity contribution in [1.82, 2.24) is 0 Å². The number of hydrogen-bond donors (Lipinski definition) is 1. The fraction of sp³-hybridized carbons (Fsp3) is 0.125. The van der Waals surface area contributed by atoms with Gasteiger partial charge in [-0.3, -0.25) is 4.55 Å². The fourth-order valence-corrected chi connectivity index (χ4v) is 1.05. The van der Waals surface area contributed by atoms with Crippen LogP contribution in [0.2, 0.25) is 0 Å². The summed E-state index contributed by atoms with van der Waals surface area (Å²) in [5, 5.41) is 0. The summed E-state index contributed by atoms with van der Waals surface area (Å²) in [6, 6.07) is 7.54. The molecule has 17 heavy (non-hydrogen) atoms. The van der Waals surface area contributed by atoms with Gasteiger partial charge < -0.3 is 0 Å². The highest BCUT2D eigenvalue weighted by Gasteiger charge is 2.44. The average molecular weight is 379 g/mol. The summed E-state index contributed by atoms with van der Waals surface area (Å²) in [5.41, 5.74) is -4.80. The summed E-state index contributed by atoms with van der Waals surface area (Å²) < 4.78 is 58.6. The average Bonchev–Trinajstić information content (AvgIpc) is 2.16. The first-order valence-corrected chi connectivity index (χ1v) is 6.27. The number of benzene rings is 1. The molecule has 0 radical (unpaired) electrons. The highest BCUT2D eigenvalue weighted by atomic mass is 127. The summed E-state index contributed by atoms with van der Waals surface area (Å²) in [7, 11) is -5.84. The fourth-order valence-electron chi connectivity index (χ4n) is 0.542. The summed E-state index contributed by atoms with van der Waals surface area (Å²) >= 11 is 2.15. The Hall–Kier alpha value is -0.860. The maximum absolute atomic E-state index is 10.7. The molecule has 9 heteroatoms. The van der Waals surface area contributed by atoms with Crippen molar-refractivity contribution in [2.45, 2.75) is 5.51 Å². The van der Waals surface area contributed by atoms with Gasteiger partial charge >= 0.3 is 15.6 Å². The molecule has 0 aliphatic carbocycles. The number of halogens is 4. The molecule has 0 aliphatic rings. The Morgan fingerprint density at radius 1 is 1.29 bits per heavy atom. The summed E-state index contributed by atoms with van der Waals surface area (Å²) in [6.45, 7) is 6.70. The molecule has 0 heterocycles. The third kappa shape index (κ3) is 5.85. The van der Waals surface area contributed by atoms with E-state index in [2.05, 4.69) is 27.4 Å². The smallest absolute Gasteiger partial charge is 0.279 e. The Labute approximate surface area is 109 Å². The van der Waals surface area contributed by atoms with Crippen LogP contribution in [-0.4, -0.2) is 18.5 Å². The van der Waals surface area contributed by atoms with E-state index >= 15 is 0 Å². The van der Waals surface area contributed by atoms with Gasteiger partial charge in [-0.05, 0) is 0 Å². The van der Waals surface area contributed by atoms with Gasteiger partial charge in [0, 0.05) is 3.57 Å². The molecule has 94 valence electrons. The van der Waals surface area contributed by atoms with E-state index in [0.717, 1.165) is 9.26 Å². The van der Waals surface area contributed by atoms with Crippen molar-refractivity contribution in [3.8, 4) is 0 Å². The standard InChI is InChI=1S/C7H4IN.CHF3O3S/c1-9-7-5-3-2-4-6(7)8;2-1(3,4)8(5,6)7/h2-5H;(H,5,6,7). The number of alkyl halides is 3. The summed E-state index contributed by atoms with van der Waals surface area (Å²) in [4.78, 5) is 3.31. The minimum atomic E-state index is -5.84. The van der Waals surface area contributed by atoms with Crippen molar-refractivity contribution in [3.05, 3.63) is 39.3 Å². The van der Waals surface area contributed by atoms with Crippen LogP contribution in [0.5, 0.6) is 0 Å². The molecule has 0 aliphatic heterocycles. The van der Waals surface area contributed by atoms with E-state index in [1.54, 1.807) is 0 Å². The van der Waals surface area contributed by atoms with Crippen molar-refractivity contribution in [2.75, 3.05) is 0 Å². The second-order valence-corrected chi connectivity index (χ2v) is 5.06. The van der Waals surface area contributed by atoms with Gasteiger partial charge in [-0.15, -0.1) is 0 Å². The van der Waals surface area contributed by atoms with Crippen molar-refractivity contribution in [1.29, 1.82) is 0 Å². The minimum absolute atomic E-state index is 0.734. The van der Waals surface area contributed by atoms with Gasteiger partial charge in [0.25, 0.3) is 0 Å². The summed E-state index contributed by atoms with van der Waals surface area (Å²) in [5.74, 6) is 0. The number of nitrogens with zero attached hydrogens (tertiary/aromatic N) is 1. The van der Waals surface area contributed by atoms with Gasteiger partial charge in [-0.2, -0.15) is 21.6 Å². The lowest BCUT2D eigenvalue weighted by Gasteiger charge is -1.97. The van der Waals surface area contributed by atoms with E-state index in [0.29, 0.717) is 0 Å². The molecule has 0 saturated carbocycles. The van der Waals surface area contributed by atoms with Crippen LogP contribution in [0.1, 0.15) is 0 Å². The Morgan fingerprint density at radius 2 is 1.71 bits per heavy atom. The largest absolute Gasteiger partial charge is 0.522 e. The number of hydrogen-bond acceptors (Lipinski definition) is 2. The Balaban J connectivity index is 0.000000304. The lowest BCUT2D eigenvalue weighted by Crippen LogP contribution is -2.21. The lowest BCUT2D eigenvalue weighted by molar-refractivity contribution is -0.0510. The van der Waals surface area contributed by atoms with Crippen LogP contribution in [-0.2, 0) is 10.1 Å².